The van der Waals surface area contributed by atoms with E-state index in [1.807, 2.05) is 37.3 Å². The molecular formula is C28H29N5S. The summed E-state index contributed by atoms with van der Waals surface area (Å²) in [4.78, 5) is 5.77. The van der Waals surface area contributed by atoms with Crippen LogP contribution in [0.3, 0.4) is 0 Å². The van der Waals surface area contributed by atoms with Gasteiger partial charge in [0.1, 0.15) is 11.5 Å². The largest absolute Gasteiger partial charge is 0.340 e. The Balaban J connectivity index is 1.79. The third kappa shape index (κ3) is 5.29. The van der Waals surface area contributed by atoms with Crippen molar-refractivity contribution in [3.8, 4) is 0 Å². The molecule has 0 aliphatic rings. The summed E-state index contributed by atoms with van der Waals surface area (Å²) in [5.41, 5.74) is 9.08. The van der Waals surface area contributed by atoms with Gasteiger partial charge >= 0.3 is 0 Å². The van der Waals surface area contributed by atoms with E-state index in [2.05, 4.69) is 97.6 Å². The Labute approximate surface area is 206 Å². The number of para-hydroxylation sites is 2. The van der Waals surface area contributed by atoms with Crippen molar-refractivity contribution in [3.05, 3.63) is 94.5 Å². The number of aryl methyl sites for hydroxylation is 5. The van der Waals surface area contributed by atoms with Gasteiger partial charge < -0.3 is 10.6 Å². The van der Waals surface area contributed by atoms with Crippen molar-refractivity contribution < 1.29 is 0 Å². The highest BCUT2D eigenvalue weighted by Crippen LogP contribution is 2.36. The number of aromatic nitrogens is 1. The number of nitrogens with zero attached hydrogens (tertiary/aromatic N) is 3. The smallest absolute Gasteiger partial charge is 0.161 e. The Morgan fingerprint density at radius 2 is 1.21 bits per heavy atom. The minimum Gasteiger partial charge on any atom is -0.340 e. The van der Waals surface area contributed by atoms with Gasteiger partial charge in [-0.2, -0.15) is 5.11 Å². The van der Waals surface area contributed by atoms with E-state index < -0.39 is 0 Å². The zero-order chi connectivity index (χ0) is 24.2. The van der Waals surface area contributed by atoms with E-state index >= 15 is 0 Å². The third-order valence-corrected chi connectivity index (χ3v) is 6.02. The topological polar surface area (TPSA) is 61.7 Å². The predicted molar refractivity (Wildman–Crippen MR) is 145 cm³/mol. The number of azo groups is 1. The average Bonchev–Trinajstić information content (AvgIpc) is 2.78. The highest BCUT2D eigenvalue weighted by molar-refractivity contribution is 7.80. The minimum absolute atomic E-state index is 0.650. The van der Waals surface area contributed by atoms with Gasteiger partial charge in [0.15, 0.2) is 5.82 Å². The van der Waals surface area contributed by atoms with Crippen LogP contribution in [0.25, 0.3) is 0 Å². The highest BCUT2D eigenvalue weighted by Gasteiger charge is 2.14. The molecule has 172 valence electrons. The first-order valence-electron chi connectivity index (χ1n) is 11.2. The molecule has 4 rings (SSSR count). The molecule has 3 aromatic carbocycles. The van der Waals surface area contributed by atoms with Crippen molar-refractivity contribution >= 4 is 47.0 Å². The molecule has 5 nitrogen and oxygen atoms in total. The molecule has 6 heteroatoms. The minimum atomic E-state index is 0.650. The molecule has 0 radical (unpaired) electrons. The highest BCUT2D eigenvalue weighted by atomic mass is 32.1. The number of hydrogen-bond donors (Lipinski definition) is 3. The van der Waals surface area contributed by atoms with Gasteiger partial charge in [0.25, 0.3) is 0 Å². The van der Waals surface area contributed by atoms with Crippen LogP contribution in [0.15, 0.2) is 81.9 Å². The van der Waals surface area contributed by atoms with Crippen LogP contribution in [0, 0.1) is 34.6 Å². The van der Waals surface area contributed by atoms with Crippen LogP contribution in [-0.4, -0.2) is 4.98 Å². The van der Waals surface area contributed by atoms with Crippen LogP contribution in [0.4, 0.5) is 34.4 Å². The fourth-order valence-electron chi connectivity index (χ4n) is 3.88. The first-order valence-corrected chi connectivity index (χ1v) is 11.7. The monoisotopic (exact) mass is 467 g/mol. The van der Waals surface area contributed by atoms with Crippen LogP contribution >= 0.6 is 12.6 Å². The number of thiol groups is 1. The molecule has 0 aliphatic heterocycles. The molecule has 0 spiro atoms. The number of anilines is 4. The lowest BCUT2D eigenvalue weighted by atomic mass is 10.1. The van der Waals surface area contributed by atoms with Gasteiger partial charge in [-0.3, -0.25) is 0 Å². The first-order chi connectivity index (χ1) is 16.3. The predicted octanol–water partition coefficient (Wildman–Crippen LogP) is 8.81. The summed E-state index contributed by atoms with van der Waals surface area (Å²) in [6, 6.07) is 22.1. The third-order valence-electron chi connectivity index (χ3n) is 5.74. The SMILES string of the molecule is Cc1cc(Nc2c(C)cccc2C)nc(Nc2c(C)cccc2C)c1/N=N/c1cccc(S)c1. The van der Waals surface area contributed by atoms with Crippen molar-refractivity contribution in [2.75, 3.05) is 10.6 Å². The Bertz CT molecular complexity index is 1340. The van der Waals surface area contributed by atoms with Crippen LogP contribution in [0.2, 0.25) is 0 Å². The Morgan fingerprint density at radius 3 is 1.79 bits per heavy atom. The van der Waals surface area contributed by atoms with E-state index in [1.165, 1.54) is 11.1 Å². The summed E-state index contributed by atoms with van der Waals surface area (Å²) in [5.74, 6) is 1.40. The lowest BCUT2D eigenvalue weighted by Crippen LogP contribution is -2.03. The summed E-state index contributed by atoms with van der Waals surface area (Å²) < 4.78 is 0. The lowest BCUT2D eigenvalue weighted by molar-refractivity contribution is 1.16. The van der Waals surface area contributed by atoms with E-state index in [1.54, 1.807) is 0 Å². The molecular weight excluding hydrogens is 438 g/mol. The standard InChI is InChI=1S/C28H29N5S/c1-17-9-6-10-18(2)25(17)29-24-15-21(5)27(33-32-22-13-8-14-23(34)16-22)28(30-24)31-26-19(3)11-7-12-20(26)4/h6-16,34H,1-5H3,(H2,29,30,31)/b33-32+. The summed E-state index contributed by atoms with van der Waals surface area (Å²) >= 11 is 4.41. The molecule has 1 heterocycles. The zero-order valence-electron chi connectivity index (χ0n) is 20.1. The number of nitrogens with one attached hydrogen (secondary N) is 2. The molecule has 2 N–H and O–H groups in total. The summed E-state index contributed by atoms with van der Waals surface area (Å²) in [6.07, 6.45) is 0. The van der Waals surface area contributed by atoms with Crippen molar-refractivity contribution in [2.45, 2.75) is 39.5 Å². The van der Waals surface area contributed by atoms with E-state index in [4.69, 9.17) is 4.98 Å². The van der Waals surface area contributed by atoms with Gasteiger partial charge in [0.05, 0.1) is 5.69 Å². The van der Waals surface area contributed by atoms with Gasteiger partial charge in [-0.1, -0.05) is 42.5 Å². The van der Waals surface area contributed by atoms with Gasteiger partial charge in [0, 0.05) is 16.3 Å². The quantitative estimate of drug-likeness (QED) is 0.196. The van der Waals surface area contributed by atoms with Gasteiger partial charge in [-0.25, -0.2) is 4.98 Å². The van der Waals surface area contributed by atoms with E-state index in [0.29, 0.717) is 11.5 Å². The summed E-state index contributed by atoms with van der Waals surface area (Å²) in [6.45, 7) is 10.4. The molecule has 0 bridgehead atoms. The van der Waals surface area contributed by atoms with Crippen LogP contribution < -0.4 is 10.6 Å². The number of pyridine rings is 1. The summed E-state index contributed by atoms with van der Waals surface area (Å²) in [7, 11) is 0. The Kier molecular flexibility index (Phi) is 6.98. The second-order valence-corrected chi connectivity index (χ2v) is 9.04. The normalized spacial score (nSPS) is 11.1. The number of hydrogen-bond acceptors (Lipinski definition) is 6. The van der Waals surface area contributed by atoms with E-state index in [-0.39, 0.29) is 0 Å². The van der Waals surface area contributed by atoms with Crippen molar-refractivity contribution in [2.24, 2.45) is 10.2 Å². The fraction of sp³-hybridized carbons (Fsp3) is 0.179. The van der Waals surface area contributed by atoms with Crippen molar-refractivity contribution in [1.29, 1.82) is 0 Å². The lowest BCUT2D eigenvalue weighted by Gasteiger charge is -2.17. The molecule has 0 saturated heterocycles. The van der Waals surface area contributed by atoms with Crippen molar-refractivity contribution in [3.63, 3.8) is 0 Å². The maximum absolute atomic E-state index is 4.93. The van der Waals surface area contributed by atoms with Gasteiger partial charge in [0.2, 0.25) is 0 Å². The Hall–Kier alpha value is -3.64. The molecule has 0 saturated carbocycles. The number of benzene rings is 3. The van der Waals surface area contributed by atoms with E-state index in [9.17, 15) is 0 Å². The molecule has 1 aromatic heterocycles. The number of rotatable bonds is 6. The zero-order valence-corrected chi connectivity index (χ0v) is 21.0. The average molecular weight is 468 g/mol. The molecule has 0 aliphatic carbocycles. The summed E-state index contributed by atoms with van der Waals surface area (Å²) in [5, 5.41) is 16.1. The maximum Gasteiger partial charge on any atom is 0.161 e. The van der Waals surface area contributed by atoms with Gasteiger partial charge in [-0.15, -0.1) is 17.7 Å². The van der Waals surface area contributed by atoms with Gasteiger partial charge in [-0.05, 0) is 86.7 Å². The molecule has 34 heavy (non-hydrogen) atoms. The second-order valence-electron chi connectivity index (χ2n) is 8.53. The van der Waals surface area contributed by atoms with Crippen LogP contribution in [-0.2, 0) is 0 Å². The molecule has 4 aromatic rings. The molecule has 0 unspecified atom stereocenters. The molecule has 0 amide bonds. The van der Waals surface area contributed by atoms with E-state index in [0.717, 1.165) is 44.5 Å². The fourth-order valence-corrected chi connectivity index (χ4v) is 4.09. The molecule has 0 fully saturated rings. The molecule has 0 atom stereocenters. The second kappa shape index (κ2) is 10.1. The maximum atomic E-state index is 4.93. The van der Waals surface area contributed by atoms with Crippen molar-refractivity contribution in [1.82, 2.24) is 4.98 Å². The Morgan fingerprint density at radius 1 is 0.647 bits per heavy atom. The first kappa shape index (κ1) is 23.5. The van der Waals surface area contributed by atoms with Crippen LogP contribution in [0.5, 0.6) is 0 Å². The van der Waals surface area contributed by atoms with Crippen LogP contribution in [0.1, 0.15) is 27.8 Å².